The van der Waals surface area contributed by atoms with Crippen LogP contribution in [0.1, 0.15) is 52.1 Å². The second-order valence-corrected chi connectivity index (χ2v) is 7.35. The number of ether oxygens (including phenoxy) is 1. The third kappa shape index (κ3) is 7.74. The predicted octanol–water partition coefficient (Wildman–Crippen LogP) is 2.29. The average molecular weight is 403 g/mol. The van der Waals surface area contributed by atoms with Crippen molar-refractivity contribution in [3.8, 4) is 18.2 Å². The molecule has 1 rings (SSSR count). The van der Waals surface area contributed by atoms with Crippen molar-refractivity contribution in [3.63, 3.8) is 0 Å². The van der Waals surface area contributed by atoms with Crippen molar-refractivity contribution >= 4 is 17.9 Å². The second-order valence-electron chi connectivity index (χ2n) is 7.35. The normalized spacial score (nSPS) is 11.7. The van der Waals surface area contributed by atoms with Crippen molar-refractivity contribution in [1.29, 1.82) is 0 Å². The number of benzene rings is 1. The number of unbranched alkanes of at least 4 members (excludes halogenated alkanes) is 1. The van der Waals surface area contributed by atoms with Crippen molar-refractivity contribution < 1.29 is 24.2 Å². The molecule has 1 aromatic carbocycles. The molecule has 0 aliphatic heterocycles. The summed E-state index contributed by atoms with van der Waals surface area (Å²) in [7, 11) is 0. The highest BCUT2D eigenvalue weighted by Crippen LogP contribution is 2.28. The molecule has 1 unspecified atom stereocenters. The molecule has 0 aliphatic rings. The Labute approximate surface area is 171 Å². The van der Waals surface area contributed by atoms with Crippen molar-refractivity contribution in [3.05, 3.63) is 29.8 Å². The van der Waals surface area contributed by atoms with E-state index in [0.717, 1.165) is 17.7 Å². The molecule has 1 aromatic rings. The third-order valence-corrected chi connectivity index (χ3v) is 3.76. The van der Waals surface area contributed by atoms with E-state index in [4.69, 9.17) is 11.2 Å². The molecule has 8 nitrogen and oxygen atoms in total. The van der Waals surface area contributed by atoms with Crippen LogP contribution < -0.4 is 10.6 Å². The van der Waals surface area contributed by atoms with Crippen LogP contribution in [-0.4, -0.2) is 46.6 Å². The average Bonchev–Trinajstić information content (AvgIpc) is 2.63. The van der Waals surface area contributed by atoms with Gasteiger partial charge in [-0.2, -0.15) is 0 Å². The molecular weight excluding hydrogens is 374 g/mol. The number of terminal acetylenes is 1. The van der Waals surface area contributed by atoms with Gasteiger partial charge in [-0.1, -0.05) is 38.0 Å². The molecule has 0 aromatic heterocycles. The lowest BCUT2D eigenvalue weighted by atomic mass is 10.0. The maximum absolute atomic E-state index is 12.8. The molecule has 0 fully saturated rings. The molecule has 8 heteroatoms. The highest BCUT2D eigenvalue weighted by molar-refractivity contribution is 5.92. The Hall–Kier alpha value is -3.21. The molecule has 0 bridgehead atoms. The number of alkyl carbamates (subject to hydrolysis) is 1. The van der Waals surface area contributed by atoms with Gasteiger partial charge in [-0.05, 0) is 33.3 Å². The van der Waals surface area contributed by atoms with E-state index in [2.05, 4.69) is 16.7 Å². The van der Waals surface area contributed by atoms with E-state index in [1.807, 2.05) is 6.92 Å². The summed E-state index contributed by atoms with van der Waals surface area (Å²) in [6.07, 6.45) is 6.36. The first kappa shape index (κ1) is 23.8. The maximum Gasteiger partial charge on any atom is 0.408 e. The minimum atomic E-state index is -1.24. The molecule has 0 heterocycles. The number of hydrogen-bond donors (Lipinski definition) is 3. The standard InChI is InChI=1S/C21H29N3O5/c1-6-8-13-22-19(27)18(15-11-9-10-12-16(15)25)24(7-2)17(26)14-23-20(28)29-21(3,4)5/h2,9-12,18,25H,6,8,13-14H2,1,3-5H3,(H,22,27)(H,23,28). The minimum Gasteiger partial charge on any atom is -0.508 e. The number of carbonyl (C=O) groups is 3. The van der Waals surface area contributed by atoms with Gasteiger partial charge in [-0.25, -0.2) is 4.79 Å². The van der Waals surface area contributed by atoms with Crippen LogP contribution in [0.4, 0.5) is 4.79 Å². The fourth-order valence-corrected chi connectivity index (χ4v) is 2.44. The summed E-state index contributed by atoms with van der Waals surface area (Å²) in [5.41, 5.74) is -0.540. The van der Waals surface area contributed by atoms with E-state index < -0.39 is 36.1 Å². The summed E-state index contributed by atoms with van der Waals surface area (Å²) >= 11 is 0. The van der Waals surface area contributed by atoms with Gasteiger partial charge in [0.2, 0.25) is 5.91 Å². The first-order valence-electron chi connectivity index (χ1n) is 9.41. The smallest absolute Gasteiger partial charge is 0.408 e. The SMILES string of the molecule is C#CN(C(=O)CNC(=O)OC(C)(C)C)C(C(=O)NCCCC)c1ccccc1O. The van der Waals surface area contributed by atoms with Crippen molar-refractivity contribution in [2.45, 2.75) is 52.2 Å². The Kier molecular flexibility index (Phi) is 9.00. The summed E-state index contributed by atoms with van der Waals surface area (Å²) in [6, 6.07) is 7.08. The lowest BCUT2D eigenvalue weighted by Gasteiger charge is -2.27. The van der Waals surface area contributed by atoms with Gasteiger partial charge in [0.05, 0.1) is 0 Å². The molecule has 158 valence electrons. The van der Waals surface area contributed by atoms with Crippen LogP contribution in [0.25, 0.3) is 0 Å². The lowest BCUT2D eigenvalue weighted by molar-refractivity contribution is -0.136. The minimum absolute atomic E-state index is 0.170. The largest absolute Gasteiger partial charge is 0.508 e. The summed E-state index contributed by atoms with van der Waals surface area (Å²) < 4.78 is 5.09. The van der Waals surface area contributed by atoms with Gasteiger partial charge in [0.15, 0.2) is 6.04 Å². The van der Waals surface area contributed by atoms with Gasteiger partial charge in [0, 0.05) is 18.2 Å². The number of nitrogens with zero attached hydrogens (tertiary/aromatic N) is 1. The zero-order valence-electron chi connectivity index (χ0n) is 17.3. The van der Waals surface area contributed by atoms with Crippen molar-refractivity contribution in [1.82, 2.24) is 15.5 Å². The Balaban J connectivity index is 3.03. The van der Waals surface area contributed by atoms with Gasteiger partial charge in [0.1, 0.15) is 17.9 Å². The fraction of sp³-hybridized carbons (Fsp3) is 0.476. The lowest BCUT2D eigenvalue weighted by Crippen LogP contribution is -2.46. The van der Waals surface area contributed by atoms with Crippen LogP contribution in [0.3, 0.4) is 0 Å². The van der Waals surface area contributed by atoms with E-state index in [9.17, 15) is 19.5 Å². The van der Waals surface area contributed by atoms with Crippen LogP contribution in [0.15, 0.2) is 24.3 Å². The number of carbonyl (C=O) groups excluding carboxylic acids is 3. The monoisotopic (exact) mass is 403 g/mol. The van der Waals surface area contributed by atoms with Crippen LogP contribution in [0.5, 0.6) is 5.75 Å². The molecular formula is C21H29N3O5. The molecule has 29 heavy (non-hydrogen) atoms. The van der Waals surface area contributed by atoms with Crippen LogP contribution in [0, 0.1) is 12.5 Å². The molecule has 0 saturated heterocycles. The molecule has 1 atom stereocenters. The molecule has 0 saturated carbocycles. The van der Waals surface area contributed by atoms with E-state index in [0.29, 0.717) is 6.54 Å². The van der Waals surface area contributed by atoms with E-state index in [1.165, 1.54) is 12.1 Å². The van der Waals surface area contributed by atoms with Crippen molar-refractivity contribution in [2.75, 3.05) is 13.1 Å². The molecule has 3 amide bonds. The Bertz CT molecular complexity index is 764. The summed E-state index contributed by atoms with van der Waals surface area (Å²) in [5, 5.41) is 15.2. The Morgan fingerprint density at radius 3 is 2.45 bits per heavy atom. The first-order valence-corrected chi connectivity index (χ1v) is 9.41. The number of rotatable bonds is 8. The third-order valence-electron chi connectivity index (χ3n) is 3.76. The molecule has 3 N–H and O–H groups in total. The number of phenols is 1. The number of amides is 3. The van der Waals surface area contributed by atoms with Gasteiger partial charge in [0.25, 0.3) is 5.91 Å². The summed E-state index contributed by atoms with van der Waals surface area (Å²) in [5.74, 6) is -1.39. The maximum atomic E-state index is 12.8. The summed E-state index contributed by atoms with van der Waals surface area (Å²) in [4.78, 5) is 38.1. The Morgan fingerprint density at radius 1 is 1.24 bits per heavy atom. The van der Waals surface area contributed by atoms with Crippen LogP contribution in [-0.2, 0) is 14.3 Å². The number of phenolic OH excluding ortho intramolecular Hbond substituents is 1. The highest BCUT2D eigenvalue weighted by Gasteiger charge is 2.32. The van der Waals surface area contributed by atoms with E-state index in [1.54, 1.807) is 32.9 Å². The zero-order chi connectivity index (χ0) is 22.0. The topological polar surface area (TPSA) is 108 Å². The number of nitrogens with one attached hydrogen (secondary N) is 2. The first-order chi connectivity index (χ1) is 13.6. The van der Waals surface area contributed by atoms with Crippen molar-refractivity contribution in [2.24, 2.45) is 0 Å². The van der Waals surface area contributed by atoms with E-state index >= 15 is 0 Å². The van der Waals surface area contributed by atoms with E-state index in [-0.39, 0.29) is 11.3 Å². The predicted molar refractivity (Wildman–Crippen MR) is 109 cm³/mol. The molecule has 0 radical (unpaired) electrons. The van der Waals surface area contributed by atoms with Crippen LogP contribution >= 0.6 is 0 Å². The number of para-hydroxylation sites is 1. The molecule has 0 aliphatic carbocycles. The number of aromatic hydroxyl groups is 1. The quantitative estimate of drug-likeness (QED) is 0.351. The Morgan fingerprint density at radius 2 is 1.90 bits per heavy atom. The molecule has 0 spiro atoms. The van der Waals surface area contributed by atoms with Crippen LogP contribution in [0.2, 0.25) is 0 Å². The fourth-order valence-electron chi connectivity index (χ4n) is 2.44. The van der Waals surface area contributed by atoms with Gasteiger partial charge in [-0.15, -0.1) is 0 Å². The van der Waals surface area contributed by atoms with Gasteiger partial charge < -0.3 is 20.5 Å². The zero-order valence-corrected chi connectivity index (χ0v) is 17.3. The number of hydrogen-bond acceptors (Lipinski definition) is 5. The van der Waals surface area contributed by atoms with Gasteiger partial charge in [-0.3, -0.25) is 14.5 Å². The van der Waals surface area contributed by atoms with Gasteiger partial charge >= 0.3 is 6.09 Å². The summed E-state index contributed by atoms with van der Waals surface area (Å²) in [6.45, 7) is 6.99. The second kappa shape index (κ2) is 11.0. The highest BCUT2D eigenvalue weighted by atomic mass is 16.6.